The highest BCUT2D eigenvalue weighted by Gasteiger charge is 2.32. The van der Waals surface area contributed by atoms with Crippen molar-refractivity contribution in [3.63, 3.8) is 0 Å². The van der Waals surface area contributed by atoms with Crippen molar-refractivity contribution in [3.05, 3.63) is 36.4 Å². The molecule has 146 valence electrons. The van der Waals surface area contributed by atoms with Gasteiger partial charge in [-0.2, -0.15) is 4.98 Å². The van der Waals surface area contributed by atoms with E-state index in [0.29, 0.717) is 18.3 Å². The van der Waals surface area contributed by atoms with Crippen molar-refractivity contribution in [2.24, 2.45) is 5.92 Å². The molecule has 27 heavy (non-hydrogen) atoms. The third-order valence-corrected chi connectivity index (χ3v) is 6.63. The van der Waals surface area contributed by atoms with Crippen molar-refractivity contribution in [2.45, 2.75) is 32.7 Å². The number of sulfone groups is 1. The molecule has 6 nitrogen and oxygen atoms in total. The van der Waals surface area contributed by atoms with Crippen molar-refractivity contribution in [1.29, 1.82) is 0 Å². The van der Waals surface area contributed by atoms with Gasteiger partial charge in [-0.1, -0.05) is 44.2 Å². The predicted molar refractivity (Wildman–Crippen MR) is 111 cm³/mol. The summed E-state index contributed by atoms with van der Waals surface area (Å²) in [7, 11) is -1.08. The van der Waals surface area contributed by atoms with Gasteiger partial charge >= 0.3 is 0 Å². The minimum Gasteiger partial charge on any atom is -0.370 e. The number of hydrogen-bond donors (Lipinski definition) is 1. The van der Waals surface area contributed by atoms with Crippen LogP contribution in [0.3, 0.4) is 0 Å². The predicted octanol–water partition coefficient (Wildman–Crippen LogP) is 3.22. The second kappa shape index (κ2) is 8.25. The van der Waals surface area contributed by atoms with Gasteiger partial charge in [0.1, 0.15) is 5.82 Å². The van der Waals surface area contributed by atoms with Gasteiger partial charge in [0, 0.05) is 31.3 Å². The molecule has 1 fully saturated rings. The van der Waals surface area contributed by atoms with Gasteiger partial charge in [-0.15, -0.1) is 0 Å². The zero-order chi connectivity index (χ0) is 19.4. The molecule has 3 rings (SSSR count). The Kier molecular flexibility index (Phi) is 5.99. The summed E-state index contributed by atoms with van der Waals surface area (Å²) in [6, 6.07) is 11.9. The molecule has 1 aliphatic heterocycles. The van der Waals surface area contributed by atoms with Crippen LogP contribution in [0.25, 0.3) is 11.3 Å². The van der Waals surface area contributed by atoms with E-state index in [1.54, 1.807) is 0 Å². The van der Waals surface area contributed by atoms with E-state index < -0.39 is 9.84 Å². The van der Waals surface area contributed by atoms with Crippen LogP contribution in [-0.4, -0.2) is 49.5 Å². The normalized spacial score (nSPS) is 18.6. The first-order valence-corrected chi connectivity index (χ1v) is 11.3. The highest BCUT2D eigenvalue weighted by atomic mass is 32.2. The quantitative estimate of drug-likeness (QED) is 0.785. The third-order valence-electron chi connectivity index (χ3n) is 4.88. The largest absolute Gasteiger partial charge is 0.370 e. The van der Waals surface area contributed by atoms with Gasteiger partial charge < -0.3 is 10.2 Å². The van der Waals surface area contributed by atoms with E-state index in [4.69, 9.17) is 4.98 Å². The third kappa shape index (κ3) is 5.19. The van der Waals surface area contributed by atoms with Gasteiger partial charge in [0.05, 0.1) is 17.2 Å². The lowest BCUT2D eigenvalue weighted by atomic mass is 10.1. The Morgan fingerprint density at radius 2 is 1.96 bits per heavy atom. The summed E-state index contributed by atoms with van der Waals surface area (Å²) in [5.74, 6) is 2.34. The molecule has 0 spiro atoms. The lowest BCUT2D eigenvalue weighted by Crippen LogP contribution is -2.34. The highest BCUT2D eigenvalue weighted by molar-refractivity contribution is 7.91. The zero-order valence-electron chi connectivity index (χ0n) is 16.2. The van der Waals surface area contributed by atoms with Crippen LogP contribution in [-0.2, 0) is 9.84 Å². The molecule has 0 radical (unpaired) electrons. The average molecular weight is 389 g/mol. The van der Waals surface area contributed by atoms with Crippen LogP contribution in [0.15, 0.2) is 36.4 Å². The lowest BCUT2D eigenvalue weighted by molar-refractivity contribution is 0.600. The fourth-order valence-corrected chi connectivity index (χ4v) is 4.95. The molecule has 1 N–H and O–H groups in total. The van der Waals surface area contributed by atoms with Crippen LogP contribution < -0.4 is 10.2 Å². The standard InChI is InChI=1S/C20H28N4O2S/c1-15(2)9-11-21-19-13-18(16-7-5-4-6-8-16)22-20(23-19)24(3)17-10-12-27(25,26)14-17/h4-8,13,15,17H,9-12,14H2,1-3H3,(H,21,22,23). The Balaban J connectivity index is 1.89. The molecule has 7 heteroatoms. The van der Waals surface area contributed by atoms with E-state index in [9.17, 15) is 8.42 Å². The summed E-state index contributed by atoms with van der Waals surface area (Å²) in [5.41, 5.74) is 1.85. The van der Waals surface area contributed by atoms with Crippen molar-refractivity contribution < 1.29 is 8.42 Å². The van der Waals surface area contributed by atoms with Gasteiger partial charge in [-0.25, -0.2) is 13.4 Å². The lowest BCUT2D eigenvalue weighted by Gasteiger charge is -2.24. The molecule has 2 aromatic rings. The van der Waals surface area contributed by atoms with Crippen molar-refractivity contribution in [3.8, 4) is 11.3 Å². The first kappa shape index (κ1) is 19.6. The van der Waals surface area contributed by atoms with E-state index in [2.05, 4.69) is 24.1 Å². The molecule has 1 unspecified atom stereocenters. The number of rotatable bonds is 7. The molecule has 1 aromatic carbocycles. The summed E-state index contributed by atoms with van der Waals surface area (Å²) in [5, 5.41) is 3.39. The van der Waals surface area contributed by atoms with Gasteiger partial charge in [-0.05, 0) is 18.8 Å². The molecule has 1 atom stereocenters. The number of aromatic nitrogens is 2. The fraction of sp³-hybridized carbons (Fsp3) is 0.500. The summed E-state index contributed by atoms with van der Waals surface area (Å²) < 4.78 is 23.7. The van der Waals surface area contributed by atoms with E-state index in [1.807, 2.05) is 48.3 Å². The van der Waals surface area contributed by atoms with Crippen LogP contribution in [0.5, 0.6) is 0 Å². The van der Waals surface area contributed by atoms with Crippen molar-refractivity contribution in [1.82, 2.24) is 9.97 Å². The zero-order valence-corrected chi connectivity index (χ0v) is 17.0. The molecule has 1 aliphatic rings. The molecular formula is C20H28N4O2S. The van der Waals surface area contributed by atoms with E-state index >= 15 is 0 Å². The second-order valence-electron chi connectivity index (χ2n) is 7.58. The van der Waals surface area contributed by atoms with E-state index in [1.165, 1.54) is 0 Å². The number of nitrogens with one attached hydrogen (secondary N) is 1. The molecule has 0 saturated carbocycles. The second-order valence-corrected chi connectivity index (χ2v) is 9.81. The smallest absolute Gasteiger partial charge is 0.227 e. The topological polar surface area (TPSA) is 75.2 Å². The molecule has 0 amide bonds. The van der Waals surface area contributed by atoms with Crippen LogP contribution in [0.1, 0.15) is 26.7 Å². The monoisotopic (exact) mass is 388 g/mol. The molecule has 1 saturated heterocycles. The van der Waals surface area contributed by atoms with Gasteiger partial charge in [0.15, 0.2) is 9.84 Å². The maximum absolute atomic E-state index is 11.9. The molecule has 0 aliphatic carbocycles. The molecular weight excluding hydrogens is 360 g/mol. The fourth-order valence-electron chi connectivity index (χ4n) is 3.17. The number of nitrogens with zero attached hydrogens (tertiary/aromatic N) is 3. The summed E-state index contributed by atoms with van der Waals surface area (Å²) in [6.45, 7) is 5.22. The maximum atomic E-state index is 11.9. The summed E-state index contributed by atoms with van der Waals surface area (Å²) >= 11 is 0. The summed E-state index contributed by atoms with van der Waals surface area (Å²) in [4.78, 5) is 11.3. The minimum atomic E-state index is -2.96. The Bertz CT molecular complexity index is 869. The summed E-state index contributed by atoms with van der Waals surface area (Å²) in [6.07, 6.45) is 1.67. The average Bonchev–Trinajstić information content (AvgIpc) is 3.01. The number of anilines is 2. The maximum Gasteiger partial charge on any atom is 0.227 e. The van der Waals surface area contributed by atoms with Crippen molar-refractivity contribution >= 4 is 21.6 Å². The van der Waals surface area contributed by atoms with Gasteiger partial charge in [0.2, 0.25) is 5.95 Å². The number of hydrogen-bond acceptors (Lipinski definition) is 6. The van der Waals surface area contributed by atoms with Crippen LogP contribution in [0.4, 0.5) is 11.8 Å². The highest BCUT2D eigenvalue weighted by Crippen LogP contribution is 2.26. The van der Waals surface area contributed by atoms with Crippen molar-refractivity contribution in [2.75, 3.05) is 35.3 Å². The number of benzene rings is 1. The first-order chi connectivity index (χ1) is 12.8. The Morgan fingerprint density at radius 1 is 1.22 bits per heavy atom. The SMILES string of the molecule is CC(C)CCNc1cc(-c2ccccc2)nc(N(C)C2CCS(=O)(=O)C2)n1. The molecule has 1 aromatic heterocycles. The van der Waals surface area contributed by atoms with Gasteiger partial charge in [0.25, 0.3) is 0 Å². The minimum absolute atomic E-state index is 0.0791. The molecule has 0 bridgehead atoms. The van der Waals surface area contributed by atoms with Crippen LogP contribution >= 0.6 is 0 Å². The van der Waals surface area contributed by atoms with Gasteiger partial charge in [-0.3, -0.25) is 0 Å². The van der Waals surface area contributed by atoms with Crippen LogP contribution in [0, 0.1) is 5.92 Å². The molecule has 2 heterocycles. The Hall–Kier alpha value is -2.15. The van der Waals surface area contributed by atoms with E-state index in [-0.39, 0.29) is 17.5 Å². The Labute approximate surface area is 162 Å². The van der Waals surface area contributed by atoms with Crippen LogP contribution in [0.2, 0.25) is 0 Å². The first-order valence-electron chi connectivity index (χ1n) is 9.46. The van der Waals surface area contributed by atoms with E-state index in [0.717, 1.165) is 30.0 Å². The Morgan fingerprint density at radius 3 is 2.59 bits per heavy atom.